The van der Waals surface area contributed by atoms with Crippen LogP contribution < -0.4 is 4.74 Å². The van der Waals surface area contributed by atoms with Crippen LogP contribution in [0.25, 0.3) is 0 Å². The SMILES string of the molecule is CC(C)C(=O)c1ccccc1OCC(C)C(C)C. The standard InChI is InChI=1S/C16H24O2/c1-11(2)13(5)10-18-15-9-7-6-8-14(15)16(17)12(3)4/h6-9,11-13H,10H2,1-5H3. The summed E-state index contributed by atoms with van der Waals surface area (Å²) < 4.78 is 5.81. The molecule has 100 valence electrons. The summed E-state index contributed by atoms with van der Waals surface area (Å²) in [5.41, 5.74) is 0.698. The minimum Gasteiger partial charge on any atom is -0.493 e. The molecule has 0 heterocycles. The molecule has 2 nitrogen and oxygen atoms in total. The van der Waals surface area contributed by atoms with E-state index in [1.165, 1.54) is 0 Å². The van der Waals surface area contributed by atoms with Gasteiger partial charge < -0.3 is 4.74 Å². The lowest BCUT2D eigenvalue weighted by atomic mass is 9.98. The molecule has 0 aliphatic rings. The molecule has 0 radical (unpaired) electrons. The molecule has 0 amide bonds. The number of carbonyl (C=O) groups is 1. The van der Waals surface area contributed by atoms with E-state index in [4.69, 9.17) is 4.74 Å². The van der Waals surface area contributed by atoms with Gasteiger partial charge in [-0.25, -0.2) is 0 Å². The number of Topliss-reactive ketones (excluding diaryl/α,β-unsaturated/α-hetero) is 1. The van der Waals surface area contributed by atoms with Gasteiger partial charge >= 0.3 is 0 Å². The fraction of sp³-hybridized carbons (Fsp3) is 0.562. The van der Waals surface area contributed by atoms with E-state index in [0.29, 0.717) is 29.8 Å². The van der Waals surface area contributed by atoms with Crippen molar-refractivity contribution in [3.8, 4) is 5.75 Å². The summed E-state index contributed by atoms with van der Waals surface area (Å²) in [6.45, 7) is 11.0. The Morgan fingerprint density at radius 1 is 1.11 bits per heavy atom. The molecule has 0 fully saturated rings. The largest absolute Gasteiger partial charge is 0.493 e. The summed E-state index contributed by atoms with van der Waals surface area (Å²) in [5, 5.41) is 0. The van der Waals surface area contributed by atoms with Crippen LogP contribution in [0.3, 0.4) is 0 Å². The number of hydrogen-bond donors (Lipinski definition) is 0. The van der Waals surface area contributed by atoms with Crippen molar-refractivity contribution in [1.82, 2.24) is 0 Å². The Labute approximate surface area is 110 Å². The lowest BCUT2D eigenvalue weighted by Crippen LogP contribution is -2.16. The van der Waals surface area contributed by atoms with Crippen molar-refractivity contribution in [3.05, 3.63) is 29.8 Å². The zero-order valence-electron chi connectivity index (χ0n) is 12.1. The van der Waals surface area contributed by atoms with Gasteiger partial charge in [-0.3, -0.25) is 4.79 Å². The highest BCUT2D eigenvalue weighted by Crippen LogP contribution is 2.22. The van der Waals surface area contributed by atoms with Gasteiger partial charge in [0, 0.05) is 5.92 Å². The van der Waals surface area contributed by atoms with E-state index in [-0.39, 0.29) is 11.7 Å². The number of hydrogen-bond acceptors (Lipinski definition) is 2. The predicted molar refractivity (Wildman–Crippen MR) is 75.1 cm³/mol. The molecular weight excluding hydrogens is 224 g/mol. The third-order valence-corrected chi connectivity index (χ3v) is 3.32. The van der Waals surface area contributed by atoms with Crippen molar-refractivity contribution in [1.29, 1.82) is 0 Å². The van der Waals surface area contributed by atoms with E-state index in [1.807, 2.05) is 38.1 Å². The third-order valence-electron chi connectivity index (χ3n) is 3.32. The molecule has 0 bridgehead atoms. The molecule has 1 aromatic rings. The van der Waals surface area contributed by atoms with Gasteiger partial charge in [-0.1, -0.05) is 46.8 Å². The zero-order valence-corrected chi connectivity index (χ0v) is 12.1. The summed E-state index contributed by atoms with van der Waals surface area (Å²) >= 11 is 0. The fourth-order valence-electron chi connectivity index (χ4n) is 1.52. The van der Waals surface area contributed by atoms with Crippen molar-refractivity contribution in [2.24, 2.45) is 17.8 Å². The smallest absolute Gasteiger partial charge is 0.169 e. The van der Waals surface area contributed by atoms with E-state index in [0.717, 1.165) is 0 Å². The number of carbonyl (C=O) groups excluding carboxylic acids is 1. The minimum atomic E-state index is -0.00253. The van der Waals surface area contributed by atoms with Gasteiger partial charge in [-0.05, 0) is 24.0 Å². The number of ketones is 1. The first-order valence-electron chi connectivity index (χ1n) is 6.69. The second kappa shape index (κ2) is 6.58. The second-order valence-electron chi connectivity index (χ2n) is 5.55. The average Bonchev–Trinajstić information content (AvgIpc) is 2.35. The van der Waals surface area contributed by atoms with Crippen molar-refractivity contribution < 1.29 is 9.53 Å². The van der Waals surface area contributed by atoms with Crippen molar-refractivity contribution in [2.45, 2.75) is 34.6 Å². The Hall–Kier alpha value is -1.31. The normalized spacial score (nSPS) is 12.8. The molecule has 0 aromatic heterocycles. The predicted octanol–water partition coefficient (Wildman–Crippen LogP) is 4.20. The molecule has 1 aromatic carbocycles. The van der Waals surface area contributed by atoms with Crippen LogP contribution in [0, 0.1) is 17.8 Å². The Balaban J connectivity index is 2.80. The summed E-state index contributed by atoms with van der Waals surface area (Å²) in [6.07, 6.45) is 0. The van der Waals surface area contributed by atoms with Crippen molar-refractivity contribution in [3.63, 3.8) is 0 Å². The van der Waals surface area contributed by atoms with Gasteiger partial charge in [-0.2, -0.15) is 0 Å². The van der Waals surface area contributed by atoms with Gasteiger partial charge in [0.25, 0.3) is 0 Å². The number of rotatable bonds is 6. The van der Waals surface area contributed by atoms with E-state index in [1.54, 1.807) is 0 Å². The number of ether oxygens (including phenoxy) is 1. The zero-order chi connectivity index (χ0) is 13.7. The third kappa shape index (κ3) is 3.86. The Kier molecular flexibility index (Phi) is 5.39. The first-order chi connectivity index (χ1) is 8.43. The van der Waals surface area contributed by atoms with Crippen LogP contribution in [0.2, 0.25) is 0 Å². The summed E-state index contributed by atoms with van der Waals surface area (Å²) in [6, 6.07) is 7.52. The molecule has 0 saturated heterocycles. The maximum absolute atomic E-state index is 12.1. The summed E-state index contributed by atoms with van der Waals surface area (Å²) in [7, 11) is 0. The van der Waals surface area contributed by atoms with E-state index < -0.39 is 0 Å². The van der Waals surface area contributed by atoms with Crippen molar-refractivity contribution >= 4 is 5.78 Å². The Bertz CT molecular complexity index is 394. The second-order valence-corrected chi connectivity index (χ2v) is 5.55. The van der Waals surface area contributed by atoms with Crippen LogP contribution in [0.15, 0.2) is 24.3 Å². The molecule has 0 aliphatic carbocycles. The molecule has 1 rings (SSSR count). The van der Waals surface area contributed by atoms with Crippen molar-refractivity contribution in [2.75, 3.05) is 6.61 Å². The highest BCUT2D eigenvalue weighted by atomic mass is 16.5. The molecule has 0 aliphatic heterocycles. The Morgan fingerprint density at radius 2 is 1.72 bits per heavy atom. The molecule has 18 heavy (non-hydrogen) atoms. The molecule has 0 N–H and O–H groups in total. The topological polar surface area (TPSA) is 26.3 Å². The maximum atomic E-state index is 12.1. The molecule has 1 unspecified atom stereocenters. The first kappa shape index (κ1) is 14.7. The van der Waals surface area contributed by atoms with Gasteiger partial charge in [0.05, 0.1) is 12.2 Å². The summed E-state index contributed by atoms with van der Waals surface area (Å²) in [4.78, 5) is 12.1. The molecule has 2 heteroatoms. The minimum absolute atomic E-state index is 0.00253. The van der Waals surface area contributed by atoms with Crippen LogP contribution in [-0.2, 0) is 0 Å². The van der Waals surface area contributed by atoms with E-state index >= 15 is 0 Å². The van der Waals surface area contributed by atoms with Crippen LogP contribution >= 0.6 is 0 Å². The van der Waals surface area contributed by atoms with Crippen LogP contribution in [0.1, 0.15) is 45.0 Å². The quantitative estimate of drug-likeness (QED) is 0.705. The highest BCUT2D eigenvalue weighted by molar-refractivity contribution is 5.99. The van der Waals surface area contributed by atoms with Gasteiger partial charge in [-0.15, -0.1) is 0 Å². The van der Waals surface area contributed by atoms with Gasteiger partial charge in [0.1, 0.15) is 5.75 Å². The van der Waals surface area contributed by atoms with Gasteiger partial charge in [0.2, 0.25) is 0 Å². The van der Waals surface area contributed by atoms with E-state index in [9.17, 15) is 4.79 Å². The maximum Gasteiger partial charge on any atom is 0.169 e. The molecule has 0 spiro atoms. The fourth-order valence-corrected chi connectivity index (χ4v) is 1.52. The van der Waals surface area contributed by atoms with Crippen LogP contribution in [0.5, 0.6) is 5.75 Å². The van der Waals surface area contributed by atoms with E-state index in [2.05, 4.69) is 20.8 Å². The Morgan fingerprint density at radius 3 is 2.28 bits per heavy atom. The monoisotopic (exact) mass is 248 g/mol. The first-order valence-corrected chi connectivity index (χ1v) is 6.69. The lowest BCUT2D eigenvalue weighted by molar-refractivity contribution is 0.0934. The van der Waals surface area contributed by atoms with Crippen LogP contribution in [0.4, 0.5) is 0 Å². The lowest BCUT2D eigenvalue weighted by Gasteiger charge is -2.18. The molecular formula is C16H24O2. The molecule has 1 atom stereocenters. The average molecular weight is 248 g/mol. The summed E-state index contributed by atoms with van der Waals surface area (Å²) in [5.74, 6) is 1.91. The highest BCUT2D eigenvalue weighted by Gasteiger charge is 2.16. The van der Waals surface area contributed by atoms with Gasteiger partial charge in [0.15, 0.2) is 5.78 Å². The van der Waals surface area contributed by atoms with Crippen LogP contribution in [-0.4, -0.2) is 12.4 Å². The number of benzene rings is 1. The number of para-hydroxylation sites is 1. The molecule has 0 saturated carbocycles.